The Morgan fingerprint density at radius 3 is 2.86 bits per heavy atom. The molecule has 2 atom stereocenters. The minimum absolute atomic E-state index is 0.197. The van der Waals surface area contributed by atoms with Crippen LogP contribution in [0.4, 0.5) is 4.79 Å². The third kappa shape index (κ3) is 4.50. The van der Waals surface area contributed by atoms with E-state index in [9.17, 15) is 4.79 Å². The zero-order valence-electron chi connectivity index (χ0n) is 14.3. The van der Waals surface area contributed by atoms with Crippen molar-refractivity contribution in [1.82, 2.24) is 9.80 Å². The molecule has 1 saturated heterocycles. The maximum atomic E-state index is 12.1. The van der Waals surface area contributed by atoms with Gasteiger partial charge in [0.25, 0.3) is 0 Å². The number of amides is 1. The number of carbonyl (C=O) groups excluding carboxylic acids is 1. The molecule has 1 fully saturated rings. The van der Waals surface area contributed by atoms with Gasteiger partial charge in [0.05, 0.1) is 12.3 Å². The highest BCUT2D eigenvalue weighted by molar-refractivity contribution is 5.68. The molecular weight excluding hydrogens is 280 g/mol. The van der Waals surface area contributed by atoms with Crippen molar-refractivity contribution in [2.45, 2.75) is 45.8 Å². The third-order valence-corrected chi connectivity index (χ3v) is 4.10. The van der Waals surface area contributed by atoms with Crippen LogP contribution >= 0.6 is 0 Å². The minimum atomic E-state index is -0.431. The zero-order chi connectivity index (χ0) is 16.3. The van der Waals surface area contributed by atoms with Gasteiger partial charge in [0.15, 0.2) is 0 Å². The quantitative estimate of drug-likeness (QED) is 0.853. The molecule has 1 aromatic rings. The van der Waals surface area contributed by atoms with Gasteiger partial charge < -0.3 is 14.1 Å². The Bertz CT molecular complexity index is 479. The first kappa shape index (κ1) is 16.9. The van der Waals surface area contributed by atoms with Crippen molar-refractivity contribution >= 4 is 6.09 Å². The van der Waals surface area contributed by atoms with Crippen molar-refractivity contribution in [2.75, 3.05) is 26.7 Å². The normalized spacial score (nSPS) is 20.5. The molecule has 2 rings (SSSR count). The number of ether oxygens (including phenoxy) is 1. The smallest absolute Gasteiger partial charge is 0.410 e. The Morgan fingerprint density at radius 1 is 1.55 bits per heavy atom. The SMILES string of the molecule is C[C@@H](c1ccco1)N(C)C[C@H]1CCN(C(=O)OC(C)(C)C)C1. The van der Waals surface area contributed by atoms with E-state index in [1.165, 1.54) is 0 Å². The lowest BCUT2D eigenvalue weighted by atomic mass is 10.1. The molecule has 0 N–H and O–H groups in total. The average Bonchev–Trinajstić information content (AvgIpc) is 3.06. The van der Waals surface area contributed by atoms with Gasteiger partial charge in [-0.25, -0.2) is 4.79 Å². The van der Waals surface area contributed by atoms with E-state index < -0.39 is 5.60 Å². The van der Waals surface area contributed by atoms with E-state index >= 15 is 0 Å². The van der Waals surface area contributed by atoms with Gasteiger partial charge in [-0.15, -0.1) is 0 Å². The lowest BCUT2D eigenvalue weighted by molar-refractivity contribution is 0.0284. The number of hydrogen-bond acceptors (Lipinski definition) is 4. The predicted octanol–water partition coefficient (Wildman–Crippen LogP) is 3.53. The van der Waals surface area contributed by atoms with Gasteiger partial charge in [-0.05, 0) is 59.2 Å². The van der Waals surface area contributed by atoms with Crippen LogP contribution in [0.25, 0.3) is 0 Å². The summed E-state index contributed by atoms with van der Waals surface area (Å²) in [6.07, 6.45) is 2.53. The van der Waals surface area contributed by atoms with Crippen molar-refractivity contribution in [1.29, 1.82) is 0 Å². The molecule has 1 aliphatic heterocycles. The van der Waals surface area contributed by atoms with E-state index in [-0.39, 0.29) is 12.1 Å². The second-order valence-corrected chi connectivity index (χ2v) is 7.21. The summed E-state index contributed by atoms with van der Waals surface area (Å²) in [6.45, 7) is 10.3. The summed E-state index contributed by atoms with van der Waals surface area (Å²) in [5.74, 6) is 1.46. The number of rotatable bonds is 4. The molecule has 1 amide bonds. The maximum absolute atomic E-state index is 12.1. The molecule has 0 spiro atoms. The molecule has 124 valence electrons. The second-order valence-electron chi connectivity index (χ2n) is 7.21. The van der Waals surface area contributed by atoms with E-state index in [1.54, 1.807) is 6.26 Å². The number of hydrogen-bond donors (Lipinski definition) is 0. The first-order chi connectivity index (χ1) is 10.3. The topological polar surface area (TPSA) is 45.9 Å². The standard InChI is InChI=1S/C17H28N2O3/c1-13(15-7-6-10-21-15)18(5)11-14-8-9-19(12-14)16(20)22-17(2,3)4/h6-7,10,13-14H,8-9,11-12H2,1-5H3/t13-,14+/m0/s1. The van der Waals surface area contributed by atoms with Crippen LogP contribution in [0.1, 0.15) is 45.9 Å². The van der Waals surface area contributed by atoms with Crippen molar-refractivity contribution in [3.05, 3.63) is 24.2 Å². The highest BCUT2D eigenvalue weighted by atomic mass is 16.6. The largest absolute Gasteiger partial charge is 0.468 e. The summed E-state index contributed by atoms with van der Waals surface area (Å²) in [6, 6.07) is 4.16. The summed E-state index contributed by atoms with van der Waals surface area (Å²) in [4.78, 5) is 16.2. The van der Waals surface area contributed by atoms with E-state index in [1.807, 2.05) is 37.8 Å². The highest BCUT2D eigenvalue weighted by Gasteiger charge is 2.31. The Labute approximate surface area is 133 Å². The summed E-state index contributed by atoms with van der Waals surface area (Å²) in [5, 5.41) is 0. The molecule has 0 unspecified atom stereocenters. The van der Waals surface area contributed by atoms with Gasteiger partial charge in [-0.3, -0.25) is 4.90 Å². The minimum Gasteiger partial charge on any atom is -0.468 e. The lowest BCUT2D eigenvalue weighted by Gasteiger charge is -2.27. The zero-order valence-corrected chi connectivity index (χ0v) is 14.3. The van der Waals surface area contributed by atoms with Gasteiger partial charge in [0, 0.05) is 19.6 Å². The lowest BCUT2D eigenvalue weighted by Crippen LogP contribution is -2.36. The molecule has 0 radical (unpaired) electrons. The summed E-state index contributed by atoms with van der Waals surface area (Å²) in [7, 11) is 2.10. The fraction of sp³-hybridized carbons (Fsp3) is 0.706. The molecule has 0 bridgehead atoms. The van der Waals surface area contributed by atoms with Crippen LogP contribution in [0.5, 0.6) is 0 Å². The number of nitrogens with zero attached hydrogens (tertiary/aromatic N) is 2. The van der Waals surface area contributed by atoms with E-state index in [0.717, 1.165) is 31.8 Å². The molecule has 5 heteroatoms. The van der Waals surface area contributed by atoms with Gasteiger partial charge >= 0.3 is 6.09 Å². The molecule has 1 aliphatic rings. The Balaban J connectivity index is 1.82. The summed E-state index contributed by atoms with van der Waals surface area (Å²) >= 11 is 0. The number of likely N-dealkylation sites (tertiary alicyclic amines) is 1. The fourth-order valence-electron chi connectivity index (χ4n) is 2.79. The molecule has 2 heterocycles. The Kier molecular flexibility index (Phi) is 5.16. The molecule has 0 aliphatic carbocycles. The predicted molar refractivity (Wildman–Crippen MR) is 85.7 cm³/mol. The average molecular weight is 308 g/mol. The van der Waals surface area contributed by atoms with Crippen LogP contribution in [-0.4, -0.2) is 48.2 Å². The molecule has 0 aromatic carbocycles. The van der Waals surface area contributed by atoms with Gasteiger partial charge in [-0.2, -0.15) is 0 Å². The van der Waals surface area contributed by atoms with Crippen molar-refractivity contribution < 1.29 is 13.9 Å². The van der Waals surface area contributed by atoms with Crippen LogP contribution in [0.15, 0.2) is 22.8 Å². The number of carbonyl (C=O) groups is 1. The van der Waals surface area contributed by atoms with Gasteiger partial charge in [0.2, 0.25) is 0 Å². The summed E-state index contributed by atoms with van der Waals surface area (Å²) < 4.78 is 10.9. The van der Waals surface area contributed by atoms with E-state index in [4.69, 9.17) is 9.15 Å². The number of furan rings is 1. The first-order valence-electron chi connectivity index (χ1n) is 7.98. The fourth-order valence-corrected chi connectivity index (χ4v) is 2.79. The van der Waals surface area contributed by atoms with Crippen LogP contribution in [0.2, 0.25) is 0 Å². The Hall–Kier alpha value is -1.49. The molecule has 5 nitrogen and oxygen atoms in total. The van der Waals surface area contributed by atoms with Gasteiger partial charge in [0.1, 0.15) is 11.4 Å². The summed E-state index contributed by atoms with van der Waals surface area (Å²) in [5.41, 5.74) is -0.431. The third-order valence-electron chi connectivity index (χ3n) is 4.10. The first-order valence-corrected chi connectivity index (χ1v) is 7.98. The van der Waals surface area contributed by atoms with Crippen LogP contribution in [-0.2, 0) is 4.74 Å². The van der Waals surface area contributed by atoms with Crippen LogP contribution in [0.3, 0.4) is 0 Å². The maximum Gasteiger partial charge on any atom is 0.410 e. The van der Waals surface area contributed by atoms with E-state index in [0.29, 0.717) is 5.92 Å². The van der Waals surface area contributed by atoms with Crippen molar-refractivity contribution in [3.8, 4) is 0 Å². The monoisotopic (exact) mass is 308 g/mol. The molecule has 1 aromatic heterocycles. The highest BCUT2D eigenvalue weighted by Crippen LogP contribution is 2.24. The second kappa shape index (κ2) is 6.73. The van der Waals surface area contributed by atoms with Crippen molar-refractivity contribution in [2.24, 2.45) is 5.92 Å². The van der Waals surface area contributed by atoms with Crippen LogP contribution < -0.4 is 0 Å². The Morgan fingerprint density at radius 2 is 2.27 bits per heavy atom. The molecule has 0 saturated carbocycles. The molecule has 22 heavy (non-hydrogen) atoms. The van der Waals surface area contributed by atoms with Gasteiger partial charge in [-0.1, -0.05) is 0 Å². The van der Waals surface area contributed by atoms with Crippen LogP contribution in [0, 0.1) is 5.92 Å². The van der Waals surface area contributed by atoms with Crippen molar-refractivity contribution in [3.63, 3.8) is 0 Å². The van der Waals surface area contributed by atoms with E-state index in [2.05, 4.69) is 18.9 Å². The molecular formula is C17H28N2O3.